The van der Waals surface area contributed by atoms with E-state index in [0.29, 0.717) is 6.61 Å². The first-order chi connectivity index (χ1) is 2.41. The minimum atomic E-state index is 0.712. The van der Waals surface area contributed by atoms with Crippen LogP contribution in [0.4, 0.5) is 0 Å². The lowest BCUT2D eigenvalue weighted by molar-refractivity contribution is 0.113. The van der Waals surface area contributed by atoms with Gasteiger partial charge in [0.05, 0.1) is 6.61 Å². The molecule has 0 radical (unpaired) electrons. The molecule has 0 aliphatic heterocycles. The number of rotatable bonds is 2. The fourth-order valence-corrected chi connectivity index (χ4v) is 0.250. The average Bonchev–Trinajstić information content (AvgIpc) is 1.41. The molecular formula is C2H8NOP. The molecule has 2 nitrogen and oxygen atoms in total. The fraction of sp³-hybridized carbons (Fsp3) is 1.00. The molecule has 0 amide bonds. The minimum absolute atomic E-state index is 0.712. The van der Waals surface area contributed by atoms with Crippen molar-refractivity contribution >= 4 is 9.39 Å². The van der Waals surface area contributed by atoms with E-state index in [4.69, 9.17) is 0 Å². The minimum Gasteiger partial charge on any atom is -0.299 e. The Balaban J connectivity index is 2.19. The molecule has 0 aromatic carbocycles. The Kier molecular flexibility index (Phi) is 4.65. The van der Waals surface area contributed by atoms with Crippen molar-refractivity contribution in [2.45, 2.75) is 6.92 Å². The highest BCUT2D eigenvalue weighted by molar-refractivity contribution is 7.13. The zero-order valence-electron chi connectivity index (χ0n) is 3.19. The summed E-state index contributed by atoms with van der Waals surface area (Å²) in [5.74, 6) is 0. The van der Waals surface area contributed by atoms with Gasteiger partial charge in [-0.2, -0.15) is 5.25 Å². The van der Waals surface area contributed by atoms with Crippen molar-refractivity contribution in [3.8, 4) is 0 Å². The van der Waals surface area contributed by atoms with Crippen LogP contribution in [0.15, 0.2) is 0 Å². The van der Waals surface area contributed by atoms with Gasteiger partial charge in [-0.15, -0.1) is 0 Å². The van der Waals surface area contributed by atoms with E-state index in [-0.39, 0.29) is 0 Å². The molecule has 0 spiro atoms. The summed E-state index contributed by atoms with van der Waals surface area (Å²) in [5.41, 5.74) is 0. The molecule has 0 aromatic rings. The summed E-state index contributed by atoms with van der Waals surface area (Å²) in [6.07, 6.45) is 0. The molecule has 0 aliphatic rings. The zero-order chi connectivity index (χ0) is 4.12. The molecule has 0 rings (SSSR count). The van der Waals surface area contributed by atoms with E-state index >= 15 is 0 Å². The fourth-order valence-electron chi connectivity index (χ4n) is 0.0833. The maximum absolute atomic E-state index is 4.55. The van der Waals surface area contributed by atoms with E-state index in [0.717, 1.165) is 0 Å². The Hall–Kier alpha value is 0.350. The molecule has 5 heavy (non-hydrogen) atoms. The molecule has 0 aromatic heterocycles. The Bertz CT molecular complexity index is 17.1. The van der Waals surface area contributed by atoms with E-state index in [1.54, 1.807) is 0 Å². The van der Waals surface area contributed by atoms with Crippen LogP contribution in [0.25, 0.3) is 0 Å². The van der Waals surface area contributed by atoms with Crippen LogP contribution >= 0.6 is 9.39 Å². The maximum Gasteiger partial charge on any atom is 0.0657 e. The second-order valence-electron chi connectivity index (χ2n) is 0.551. The van der Waals surface area contributed by atoms with Crippen LogP contribution < -0.4 is 5.25 Å². The van der Waals surface area contributed by atoms with Gasteiger partial charge < -0.3 is 0 Å². The molecule has 3 heteroatoms. The highest BCUT2D eigenvalue weighted by Gasteiger charge is 1.61. The summed E-state index contributed by atoms with van der Waals surface area (Å²) in [6, 6.07) is 0. The lowest BCUT2D eigenvalue weighted by Crippen LogP contribution is -1.96. The lowest BCUT2D eigenvalue weighted by atomic mass is 10.9. The standard InChI is InChI=1S/C2H8NOP/c1-2-4-3-5/h3H,2,5H2,1H3. The zero-order valence-corrected chi connectivity index (χ0v) is 4.35. The van der Waals surface area contributed by atoms with Crippen molar-refractivity contribution in [1.82, 2.24) is 5.25 Å². The van der Waals surface area contributed by atoms with Crippen LogP contribution in [0.3, 0.4) is 0 Å². The highest BCUT2D eigenvalue weighted by atomic mass is 31.0. The molecule has 1 N–H and O–H groups in total. The van der Waals surface area contributed by atoms with Crippen LogP contribution in [0.1, 0.15) is 6.92 Å². The third-order valence-corrected chi connectivity index (χ3v) is 0.394. The number of hydrogen-bond acceptors (Lipinski definition) is 2. The van der Waals surface area contributed by atoms with Crippen LogP contribution in [0, 0.1) is 0 Å². The maximum atomic E-state index is 4.55. The second kappa shape index (κ2) is 4.35. The first-order valence-electron chi connectivity index (χ1n) is 1.49. The molecule has 1 unspecified atom stereocenters. The Morgan fingerprint density at radius 2 is 2.60 bits per heavy atom. The van der Waals surface area contributed by atoms with Gasteiger partial charge in [-0.05, 0) is 16.3 Å². The van der Waals surface area contributed by atoms with Crippen LogP contribution in [0.5, 0.6) is 0 Å². The van der Waals surface area contributed by atoms with E-state index in [9.17, 15) is 0 Å². The summed E-state index contributed by atoms with van der Waals surface area (Å²) < 4.78 is 0. The van der Waals surface area contributed by atoms with Gasteiger partial charge in [-0.3, -0.25) is 4.84 Å². The van der Waals surface area contributed by atoms with Crippen LogP contribution in [-0.2, 0) is 4.84 Å². The van der Waals surface area contributed by atoms with Gasteiger partial charge in [0.2, 0.25) is 0 Å². The quantitative estimate of drug-likeness (QED) is 0.392. The van der Waals surface area contributed by atoms with E-state index in [1.807, 2.05) is 6.92 Å². The van der Waals surface area contributed by atoms with Gasteiger partial charge >= 0.3 is 0 Å². The van der Waals surface area contributed by atoms with Gasteiger partial charge in [0.1, 0.15) is 0 Å². The van der Waals surface area contributed by atoms with Crippen molar-refractivity contribution in [3.05, 3.63) is 0 Å². The van der Waals surface area contributed by atoms with Crippen molar-refractivity contribution in [3.63, 3.8) is 0 Å². The molecular weight excluding hydrogens is 85.0 g/mol. The largest absolute Gasteiger partial charge is 0.299 e. The number of hydrogen-bond donors (Lipinski definition) is 1. The van der Waals surface area contributed by atoms with Gasteiger partial charge in [0, 0.05) is 0 Å². The first-order valence-corrected chi connectivity index (χ1v) is 2.07. The van der Waals surface area contributed by atoms with Gasteiger partial charge in [0.15, 0.2) is 0 Å². The monoisotopic (exact) mass is 93.0 g/mol. The van der Waals surface area contributed by atoms with Gasteiger partial charge in [-0.1, -0.05) is 0 Å². The van der Waals surface area contributed by atoms with Crippen molar-refractivity contribution < 1.29 is 4.84 Å². The van der Waals surface area contributed by atoms with E-state index in [1.165, 1.54) is 0 Å². The molecule has 0 bridgehead atoms. The average molecular weight is 93.1 g/mol. The van der Waals surface area contributed by atoms with E-state index < -0.39 is 0 Å². The molecule has 0 aliphatic carbocycles. The lowest BCUT2D eigenvalue weighted by Gasteiger charge is -1.88. The van der Waals surface area contributed by atoms with Crippen molar-refractivity contribution in [2.24, 2.45) is 0 Å². The molecule has 32 valence electrons. The van der Waals surface area contributed by atoms with Crippen molar-refractivity contribution in [2.75, 3.05) is 6.61 Å². The second-order valence-corrected chi connectivity index (χ2v) is 0.787. The summed E-state index contributed by atoms with van der Waals surface area (Å²) in [5, 5.41) is 2.43. The molecule has 0 saturated heterocycles. The van der Waals surface area contributed by atoms with E-state index in [2.05, 4.69) is 19.5 Å². The summed E-state index contributed by atoms with van der Waals surface area (Å²) in [4.78, 5) is 4.55. The predicted octanol–water partition coefficient (Wildman–Crippen LogP) is 0.318. The normalized spacial score (nSPS) is 8.40. The Morgan fingerprint density at radius 1 is 2.00 bits per heavy atom. The SMILES string of the molecule is CCONP. The summed E-state index contributed by atoms with van der Waals surface area (Å²) >= 11 is 0. The summed E-state index contributed by atoms with van der Waals surface area (Å²) in [6.45, 7) is 2.63. The van der Waals surface area contributed by atoms with Gasteiger partial charge in [-0.25, -0.2) is 0 Å². The Morgan fingerprint density at radius 3 is 2.60 bits per heavy atom. The van der Waals surface area contributed by atoms with Gasteiger partial charge in [0.25, 0.3) is 0 Å². The third-order valence-electron chi connectivity index (χ3n) is 0.228. The molecule has 0 heterocycles. The van der Waals surface area contributed by atoms with Crippen LogP contribution in [0.2, 0.25) is 0 Å². The van der Waals surface area contributed by atoms with Crippen LogP contribution in [-0.4, -0.2) is 6.61 Å². The molecule has 1 atom stereocenters. The number of nitrogens with one attached hydrogen (secondary N) is 1. The third kappa shape index (κ3) is 4.35. The van der Waals surface area contributed by atoms with Crippen molar-refractivity contribution in [1.29, 1.82) is 0 Å². The predicted molar refractivity (Wildman–Crippen MR) is 24.5 cm³/mol. The first kappa shape index (κ1) is 5.35. The molecule has 0 saturated carbocycles. The Labute approximate surface area is 34.1 Å². The highest BCUT2D eigenvalue weighted by Crippen LogP contribution is 1.66. The molecule has 0 fully saturated rings. The smallest absolute Gasteiger partial charge is 0.0657 e. The topological polar surface area (TPSA) is 21.3 Å². The summed E-state index contributed by atoms with van der Waals surface area (Å²) in [7, 11) is 2.23.